The molecule has 0 radical (unpaired) electrons. The Bertz CT molecular complexity index is 954. The molecule has 0 N–H and O–H groups in total. The zero-order valence-electron chi connectivity index (χ0n) is 17.0. The topological polar surface area (TPSA) is 0 Å². The second-order valence-corrected chi connectivity index (χ2v) is 8.06. The van der Waals surface area contributed by atoms with Crippen molar-refractivity contribution in [2.24, 2.45) is 11.8 Å². The summed E-state index contributed by atoms with van der Waals surface area (Å²) in [5, 5.41) is 0. The van der Waals surface area contributed by atoms with Gasteiger partial charge in [0, 0.05) is 17.0 Å². The fourth-order valence-electron chi connectivity index (χ4n) is 3.86. The van der Waals surface area contributed by atoms with Crippen LogP contribution in [0.25, 0.3) is 0 Å². The van der Waals surface area contributed by atoms with Crippen LogP contribution in [0.5, 0.6) is 0 Å². The highest BCUT2D eigenvalue weighted by molar-refractivity contribution is 5.52. The smallest absolute Gasteiger partial charge is 0.143 e. The fraction of sp³-hybridized carbons (Fsp3) is 0.385. The van der Waals surface area contributed by atoms with E-state index in [1.54, 1.807) is 0 Å². The highest BCUT2D eigenvalue weighted by Gasteiger charge is 2.16. The SMILES string of the molecule is Cc1cc(C)c(C#Cc2cc(F)c(C#CC3CCC(C)CC3)c(F)c2)c(C)c1. The maximum Gasteiger partial charge on any atom is 0.143 e. The molecule has 0 aliphatic heterocycles. The van der Waals surface area contributed by atoms with E-state index in [-0.39, 0.29) is 11.5 Å². The first-order chi connectivity index (χ1) is 13.3. The van der Waals surface area contributed by atoms with Crippen molar-refractivity contribution in [1.82, 2.24) is 0 Å². The largest absolute Gasteiger partial charge is 0.205 e. The third-order valence-corrected chi connectivity index (χ3v) is 5.47. The Hall–Kier alpha value is -2.58. The minimum Gasteiger partial charge on any atom is -0.205 e. The van der Waals surface area contributed by atoms with Gasteiger partial charge in [-0.2, -0.15) is 0 Å². The molecule has 144 valence electrons. The van der Waals surface area contributed by atoms with Gasteiger partial charge in [0.15, 0.2) is 0 Å². The standard InChI is InChI=1S/C26H26F2/c1-17-5-7-21(8-6-17)9-12-24-25(27)15-22(16-26(24)28)10-11-23-19(3)13-18(2)14-20(23)4/h13-17,21H,5-8H2,1-4H3. The van der Waals surface area contributed by atoms with E-state index in [4.69, 9.17) is 0 Å². The van der Waals surface area contributed by atoms with Crippen LogP contribution in [-0.4, -0.2) is 0 Å². The molecular formula is C26H26F2. The van der Waals surface area contributed by atoms with Crippen molar-refractivity contribution < 1.29 is 8.78 Å². The summed E-state index contributed by atoms with van der Waals surface area (Å²) in [4.78, 5) is 0. The van der Waals surface area contributed by atoms with E-state index in [0.29, 0.717) is 5.56 Å². The van der Waals surface area contributed by atoms with Gasteiger partial charge in [0.25, 0.3) is 0 Å². The summed E-state index contributed by atoms with van der Waals surface area (Å²) in [5.41, 5.74) is 4.39. The zero-order chi connectivity index (χ0) is 20.3. The summed E-state index contributed by atoms with van der Waals surface area (Å²) in [6.45, 7) is 8.27. The first-order valence-electron chi connectivity index (χ1n) is 9.94. The summed E-state index contributed by atoms with van der Waals surface area (Å²) in [6, 6.07) is 6.68. The van der Waals surface area contributed by atoms with E-state index in [1.165, 1.54) is 17.7 Å². The lowest BCUT2D eigenvalue weighted by atomic mass is 9.83. The van der Waals surface area contributed by atoms with Gasteiger partial charge in [-0.25, -0.2) is 8.78 Å². The van der Waals surface area contributed by atoms with Gasteiger partial charge in [-0.3, -0.25) is 0 Å². The van der Waals surface area contributed by atoms with E-state index in [9.17, 15) is 8.78 Å². The third kappa shape index (κ3) is 4.82. The van der Waals surface area contributed by atoms with Gasteiger partial charge >= 0.3 is 0 Å². The summed E-state index contributed by atoms with van der Waals surface area (Å²) < 4.78 is 28.9. The summed E-state index contributed by atoms with van der Waals surface area (Å²) in [6.07, 6.45) is 4.29. The molecule has 0 aromatic heterocycles. The Kier molecular flexibility index (Phi) is 6.21. The molecule has 0 bridgehead atoms. The molecule has 28 heavy (non-hydrogen) atoms. The lowest BCUT2D eigenvalue weighted by molar-refractivity contribution is 0.337. The minimum atomic E-state index is -0.640. The summed E-state index contributed by atoms with van der Waals surface area (Å²) in [7, 11) is 0. The Labute approximate surface area is 167 Å². The monoisotopic (exact) mass is 376 g/mol. The predicted molar refractivity (Wildman–Crippen MR) is 111 cm³/mol. The average molecular weight is 376 g/mol. The maximum absolute atomic E-state index is 14.5. The van der Waals surface area contributed by atoms with Crippen LogP contribution in [0.15, 0.2) is 24.3 Å². The Morgan fingerprint density at radius 3 is 1.89 bits per heavy atom. The number of halogens is 2. The van der Waals surface area contributed by atoms with Gasteiger partial charge < -0.3 is 0 Å². The van der Waals surface area contributed by atoms with Crippen molar-refractivity contribution in [3.05, 3.63) is 69.3 Å². The summed E-state index contributed by atoms with van der Waals surface area (Å²) >= 11 is 0. The number of aryl methyl sites for hydroxylation is 3. The van der Waals surface area contributed by atoms with Crippen LogP contribution < -0.4 is 0 Å². The summed E-state index contributed by atoms with van der Waals surface area (Å²) in [5.74, 6) is 11.5. The van der Waals surface area contributed by atoms with Gasteiger partial charge in [-0.05, 0) is 75.6 Å². The molecule has 1 fully saturated rings. The van der Waals surface area contributed by atoms with Crippen molar-refractivity contribution in [3.63, 3.8) is 0 Å². The van der Waals surface area contributed by atoms with Crippen LogP contribution in [0.3, 0.4) is 0 Å². The van der Waals surface area contributed by atoms with Crippen LogP contribution in [0.4, 0.5) is 8.78 Å². The lowest BCUT2D eigenvalue weighted by Gasteiger charge is -2.21. The highest BCUT2D eigenvalue weighted by Crippen LogP contribution is 2.28. The molecule has 2 aromatic carbocycles. The van der Waals surface area contributed by atoms with Crippen molar-refractivity contribution in [1.29, 1.82) is 0 Å². The molecule has 0 unspecified atom stereocenters. The molecule has 0 atom stereocenters. The quantitative estimate of drug-likeness (QED) is 0.462. The molecule has 0 amide bonds. The minimum absolute atomic E-state index is 0.146. The van der Waals surface area contributed by atoms with Gasteiger partial charge in [-0.15, -0.1) is 0 Å². The Morgan fingerprint density at radius 1 is 0.750 bits per heavy atom. The zero-order valence-corrected chi connectivity index (χ0v) is 17.0. The fourth-order valence-corrected chi connectivity index (χ4v) is 3.86. The normalized spacial score (nSPS) is 18.6. The van der Waals surface area contributed by atoms with Crippen LogP contribution >= 0.6 is 0 Å². The van der Waals surface area contributed by atoms with Gasteiger partial charge in [0.1, 0.15) is 11.6 Å². The van der Waals surface area contributed by atoms with Gasteiger partial charge in [0.2, 0.25) is 0 Å². The predicted octanol–water partition coefficient (Wildman–Crippen LogP) is 6.47. The van der Waals surface area contributed by atoms with E-state index < -0.39 is 11.6 Å². The third-order valence-electron chi connectivity index (χ3n) is 5.47. The lowest BCUT2D eigenvalue weighted by Crippen LogP contribution is -2.10. The van der Waals surface area contributed by atoms with Crippen LogP contribution in [-0.2, 0) is 0 Å². The second kappa shape index (κ2) is 8.62. The molecule has 1 aliphatic carbocycles. The Balaban J connectivity index is 1.84. The maximum atomic E-state index is 14.5. The van der Waals surface area contributed by atoms with E-state index >= 15 is 0 Å². The molecule has 0 heterocycles. The van der Waals surface area contributed by atoms with Crippen LogP contribution in [0.1, 0.15) is 66.0 Å². The molecule has 2 heteroatoms. The molecule has 0 nitrogen and oxygen atoms in total. The average Bonchev–Trinajstić information content (AvgIpc) is 2.61. The second-order valence-electron chi connectivity index (χ2n) is 8.06. The molecule has 3 rings (SSSR count). The number of hydrogen-bond donors (Lipinski definition) is 0. The molecular weight excluding hydrogens is 350 g/mol. The first kappa shape index (κ1) is 20.2. The molecule has 0 spiro atoms. The molecule has 1 aliphatic rings. The number of rotatable bonds is 0. The highest BCUT2D eigenvalue weighted by atomic mass is 19.1. The Morgan fingerprint density at radius 2 is 1.32 bits per heavy atom. The molecule has 2 aromatic rings. The van der Waals surface area contributed by atoms with Crippen molar-refractivity contribution in [2.45, 2.75) is 53.4 Å². The number of benzene rings is 2. The van der Waals surface area contributed by atoms with E-state index in [2.05, 4.69) is 42.7 Å². The van der Waals surface area contributed by atoms with E-state index in [1.807, 2.05) is 20.8 Å². The van der Waals surface area contributed by atoms with Gasteiger partial charge in [-0.1, -0.05) is 48.3 Å². The first-order valence-corrected chi connectivity index (χ1v) is 9.94. The van der Waals surface area contributed by atoms with Crippen molar-refractivity contribution in [3.8, 4) is 23.7 Å². The van der Waals surface area contributed by atoms with Gasteiger partial charge in [0.05, 0.1) is 5.56 Å². The molecule has 1 saturated carbocycles. The number of hydrogen-bond acceptors (Lipinski definition) is 0. The van der Waals surface area contributed by atoms with Crippen LogP contribution in [0.2, 0.25) is 0 Å². The van der Waals surface area contributed by atoms with Crippen molar-refractivity contribution in [2.75, 3.05) is 0 Å². The molecule has 0 saturated heterocycles. The van der Waals surface area contributed by atoms with Crippen molar-refractivity contribution >= 4 is 0 Å². The van der Waals surface area contributed by atoms with Crippen LogP contribution in [0, 0.1) is 67.9 Å². The van der Waals surface area contributed by atoms with E-state index in [0.717, 1.165) is 48.3 Å².